The van der Waals surface area contributed by atoms with Crippen molar-refractivity contribution in [2.45, 2.75) is 31.7 Å². The summed E-state index contributed by atoms with van der Waals surface area (Å²) in [4.78, 5) is 23.7. The van der Waals surface area contributed by atoms with Crippen LogP contribution in [-0.2, 0) is 0 Å². The lowest BCUT2D eigenvalue weighted by molar-refractivity contribution is 0.252. The third kappa shape index (κ3) is 4.55. The molecule has 9 heteroatoms. The average Bonchev–Trinajstić information content (AvgIpc) is 3.29. The Morgan fingerprint density at radius 1 is 1.31 bits per heavy atom. The maximum absolute atomic E-state index is 14.4. The first-order valence-electron chi connectivity index (χ1n) is 10.6. The van der Waals surface area contributed by atoms with Gasteiger partial charge in [-0.25, -0.2) is 9.37 Å². The second-order valence-electron chi connectivity index (χ2n) is 8.18. The SMILES string of the molecule is CN(C)CCOc1ccc(Nc2ncc3cc(C#N)c(=O)n(C4CCCC4)c3n2)cc1F. The van der Waals surface area contributed by atoms with Crippen LogP contribution in [-0.4, -0.2) is 46.7 Å². The summed E-state index contributed by atoms with van der Waals surface area (Å²) in [6.07, 6.45) is 5.39. The van der Waals surface area contributed by atoms with Crippen molar-refractivity contribution in [3.05, 3.63) is 52.2 Å². The van der Waals surface area contributed by atoms with Crippen LogP contribution in [0.5, 0.6) is 5.75 Å². The number of anilines is 2. The van der Waals surface area contributed by atoms with Crippen molar-refractivity contribution in [3.8, 4) is 11.8 Å². The predicted molar refractivity (Wildman–Crippen MR) is 120 cm³/mol. The monoisotopic (exact) mass is 436 g/mol. The van der Waals surface area contributed by atoms with Crippen LogP contribution in [0.3, 0.4) is 0 Å². The van der Waals surface area contributed by atoms with Crippen molar-refractivity contribution in [3.63, 3.8) is 0 Å². The Kier molecular flexibility index (Phi) is 6.32. The quantitative estimate of drug-likeness (QED) is 0.604. The van der Waals surface area contributed by atoms with E-state index >= 15 is 0 Å². The molecular formula is C23H25FN6O2. The van der Waals surface area contributed by atoms with Gasteiger partial charge in [-0.05, 0) is 45.1 Å². The Morgan fingerprint density at radius 3 is 2.78 bits per heavy atom. The van der Waals surface area contributed by atoms with Crippen molar-refractivity contribution in [2.24, 2.45) is 0 Å². The average molecular weight is 436 g/mol. The molecule has 1 aliphatic carbocycles. The number of rotatable bonds is 7. The number of nitrogens with one attached hydrogen (secondary N) is 1. The molecule has 2 heterocycles. The molecule has 0 atom stereocenters. The Morgan fingerprint density at radius 2 is 2.09 bits per heavy atom. The molecule has 0 radical (unpaired) electrons. The number of ether oxygens (including phenoxy) is 1. The highest BCUT2D eigenvalue weighted by molar-refractivity contribution is 5.77. The summed E-state index contributed by atoms with van der Waals surface area (Å²) in [5.41, 5.74) is 0.690. The van der Waals surface area contributed by atoms with E-state index in [2.05, 4.69) is 15.3 Å². The highest BCUT2D eigenvalue weighted by Crippen LogP contribution is 2.31. The van der Waals surface area contributed by atoms with Gasteiger partial charge in [-0.2, -0.15) is 10.2 Å². The van der Waals surface area contributed by atoms with Gasteiger partial charge in [0.1, 0.15) is 23.9 Å². The van der Waals surface area contributed by atoms with Gasteiger partial charge in [0.2, 0.25) is 5.95 Å². The first kappa shape index (κ1) is 21.7. The third-order valence-corrected chi connectivity index (χ3v) is 5.57. The van der Waals surface area contributed by atoms with Gasteiger partial charge in [-0.1, -0.05) is 12.8 Å². The fraction of sp³-hybridized carbons (Fsp3) is 0.391. The Bertz CT molecular complexity index is 1230. The summed E-state index contributed by atoms with van der Waals surface area (Å²) in [6.45, 7) is 1.06. The number of halogens is 1. The van der Waals surface area contributed by atoms with Gasteiger partial charge in [-0.3, -0.25) is 9.36 Å². The number of nitriles is 1. The van der Waals surface area contributed by atoms with E-state index in [1.54, 1.807) is 22.9 Å². The zero-order valence-corrected chi connectivity index (χ0v) is 18.1. The predicted octanol–water partition coefficient (Wildman–Crippen LogP) is 3.60. The van der Waals surface area contributed by atoms with Crippen molar-refractivity contribution in [2.75, 3.05) is 32.6 Å². The minimum absolute atomic E-state index is 0.0112. The molecule has 0 aliphatic heterocycles. The number of hydrogen-bond donors (Lipinski definition) is 1. The molecule has 1 fully saturated rings. The first-order chi connectivity index (χ1) is 15.5. The summed E-state index contributed by atoms with van der Waals surface area (Å²) in [5, 5.41) is 13.0. The molecule has 166 valence electrons. The van der Waals surface area contributed by atoms with Crippen molar-refractivity contribution in [1.82, 2.24) is 19.4 Å². The normalized spacial score (nSPS) is 14.1. The van der Waals surface area contributed by atoms with E-state index in [0.717, 1.165) is 25.7 Å². The van der Waals surface area contributed by atoms with Gasteiger partial charge < -0.3 is 15.0 Å². The molecule has 2 aromatic heterocycles. The summed E-state index contributed by atoms with van der Waals surface area (Å²) in [6, 6.07) is 8.07. The van der Waals surface area contributed by atoms with Crippen LogP contribution < -0.4 is 15.6 Å². The maximum Gasteiger partial charge on any atom is 0.270 e. The van der Waals surface area contributed by atoms with Crippen LogP contribution in [0, 0.1) is 17.1 Å². The molecule has 1 aromatic carbocycles. The molecule has 0 unspecified atom stereocenters. The van der Waals surface area contributed by atoms with Crippen LogP contribution in [0.25, 0.3) is 11.0 Å². The topological polar surface area (TPSA) is 96.1 Å². The standard InChI is InChI=1S/C23H25FN6O2/c1-29(2)9-10-32-20-8-7-17(12-19(20)24)27-23-26-14-16-11-15(13-25)22(31)30(21(16)28-23)18-5-3-4-6-18/h7-8,11-12,14,18H,3-6,9-10H2,1-2H3,(H,26,27,28). The Balaban J connectivity index is 1.63. The molecule has 1 saturated carbocycles. The van der Waals surface area contributed by atoms with Crippen LogP contribution >= 0.6 is 0 Å². The van der Waals surface area contributed by atoms with Gasteiger partial charge in [0, 0.05) is 35.9 Å². The van der Waals surface area contributed by atoms with E-state index in [-0.39, 0.29) is 28.9 Å². The van der Waals surface area contributed by atoms with Gasteiger partial charge in [0.15, 0.2) is 11.6 Å². The molecule has 0 bridgehead atoms. The maximum atomic E-state index is 14.4. The zero-order valence-electron chi connectivity index (χ0n) is 18.1. The van der Waals surface area contributed by atoms with Crippen LogP contribution in [0.2, 0.25) is 0 Å². The molecular weight excluding hydrogens is 411 g/mol. The number of likely N-dealkylation sites (N-methyl/N-ethyl adjacent to an activating group) is 1. The fourth-order valence-corrected chi connectivity index (χ4v) is 3.92. The minimum atomic E-state index is -0.490. The van der Waals surface area contributed by atoms with E-state index in [9.17, 15) is 14.4 Å². The summed E-state index contributed by atoms with van der Waals surface area (Å²) >= 11 is 0. The molecule has 0 saturated heterocycles. The molecule has 0 amide bonds. The third-order valence-electron chi connectivity index (χ3n) is 5.57. The molecule has 3 aromatic rings. The van der Waals surface area contributed by atoms with E-state index in [4.69, 9.17) is 4.74 Å². The van der Waals surface area contributed by atoms with E-state index in [1.165, 1.54) is 12.1 Å². The van der Waals surface area contributed by atoms with E-state index < -0.39 is 5.82 Å². The summed E-state index contributed by atoms with van der Waals surface area (Å²) in [7, 11) is 3.84. The molecule has 0 spiro atoms. The lowest BCUT2D eigenvalue weighted by Gasteiger charge is -2.17. The van der Waals surface area contributed by atoms with Gasteiger partial charge in [0.05, 0.1) is 0 Å². The fourth-order valence-electron chi connectivity index (χ4n) is 3.92. The number of nitrogens with zero attached hydrogens (tertiary/aromatic N) is 5. The highest BCUT2D eigenvalue weighted by Gasteiger charge is 2.22. The largest absolute Gasteiger partial charge is 0.489 e. The molecule has 1 N–H and O–H groups in total. The number of benzene rings is 1. The van der Waals surface area contributed by atoms with E-state index in [0.29, 0.717) is 29.9 Å². The number of fused-ring (bicyclic) bond motifs is 1. The van der Waals surface area contributed by atoms with Crippen molar-refractivity contribution < 1.29 is 9.13 Å². The first-order valence-corrected chi connectivity index (χ1v) is 10.6. The van der Waals surface area contributed by atoms with E-state index in [1.807, 2.05) is 25.1 Å². The van der Waals surface area contributed by atoms with Gasteiger partial charge in [0.25, 0.3) is 5.56 Å². The van der Waals surface area contributed by atoms with Crippen LogP contribution in [0.1, 0.15) is 37.3 Å². The molecule has 1 aliphatic rings. The Labute approximate surface area is 185 Å². The Hall–Kier alpha value is -3.51. The van der Waals surface area contributed by atoms with Crippen LogP contribution in [0.15, 0.2) is 35.3 Å². The van der Waals surface area contributed by atoms with Crippen LogP contribution in [0.4, 0.5) is 16.0 Å². The van der Waals surface area contributed by atoms with Crippen molar-refractivity contribution >= 4 is 22.7 Å². The van der Waals surface area contributed by atoms with Gasteiger partial charge >= 0.3 is 0 Å². The zero-order chi connectivity index (χ0) is 22.7. The number of pyridine rings is 1. The van der Waals surface area contributed by atoms with Gasteiger partial charge in [-0.15, -0.1) is 0 Å². The second kappa shape index (κ2) is 9.32. The second-order valence-corrected chi connectivity index (χ2v) is 8.18. The van der Waals surface area contributed by atoms with Crippen molar-refractivity contribution in [1.29, 1.82) is 5.26 Å². The molecule has 4 rings (SSSR count). The molecule has 8 nitrogen and oxygen atoms in total. The number of aromatic nitrogens is 3. The lowest BCUT2D eigenvalue weighted by atomic mass is 10.2. The highest BCUT2D eigenvalue weighted by atomic mass is 19.1. The molecule has 32 heavy (non-hydrogen) atoms. The lowest BCUT2D eigenvalue weighted by Crippen LogP contribution is -2.26. The summed E-state index contributed by atoms with van der Waals surface area (Å²) in [5.74, 6) is -0.0685. The summed E-state index contributed by atoms with van der Waals surface area (Å²) < 4.78 is 21.5. The number of hydrogen-bond acceptors (Lipinski definition) is 7. The smallest absolute Gasteiger partial charge is 0.270 e. The minimum Gasteiger partial charge on any atom is -0.489 e.